The highest BCUT2D eigenvalue weighted by Crippen LogP contribution is 2.38. The fourth-order valence-corrected chi connectivity index (χ4v) is 2.76. The molecule has 0 saturated heterocycles. The van der Waals surface area contributed by atoms with E-state index in [2.05, 4.69) is 15.8 Å². The molecule has 0 unspecified atom stereocenters. The van der Waals surface area contributed by atoms with E-state index >= 15 is 0 Å². The third-order valence-corrected chi connectivity index (χ3v) is 4.06. The summed E-state index contributed by atoms with van der Waals surface area (Å²) in [7, 11) is 0. The fourth-order valence-electron chi connectivity index (χ4n) is 2.64. The smallest absolute Gasteiger partial charge is 0.328 e. The Kier molecular flexibility index (Phi) is 4.43. The first kappa shape index (κ1) is 17.3. The van der Waals surface area contributed by atoms with Gasteiger partial charge < -0.3 is 5.32 Å². The molecule has 1 atom stereocenters. The van der Waals surface area contributed by atoms with E-state index in [1.165, 1.54) is 30.3 Å². The van der Waals surface area contributed by atoms with Gasteiger partial charge in [-0.1, -0.05) is 35.9 Å². The van der Waals surface area contributed by atoms with Gasteiger partial charge in [-0.05, 0) is 36.2 Å². The molecule has 130 valence electrons. The minimum absolute atomic E-state index is 0.0500. The molecule has 2 N–H and O–H groups in total. The van der Waals surface area contributed by atoms with Crippen LogP contribution in [0.25, 0.3) is 11.1 Å². The highest BCUT2D eigenvalue weighted by Gasteiger charge is 2.35. The Balaban J connectivity index is 2.10. The van der Waals surface area contributed by atoms with Crippen LogP contribution < -0.4 is 10.7 Å². The maximum atomic E-state index is 13.6. The fraction of sp³-hybridized carbons (Fsp3) is 0.176. The van der Waals surface area contributed by atoms with Gasteiger partial charge in [-0.3, -0.25) is 0 Å². The van der Waals surface area contributed by atoms with Gasteiger partial charge in [0.25, 0.3) is 0 Å². The van der Waals surface area contributed by atoms with Gasteiger partial charge in [0.2, 0.25) is 0 Å². The predicted molar refractivity (Wildman–Crippen MR) is 89.6 cm³/mol. The predicted octanol–water partition coefficient (Wildman–Crippen LogP) is 4.43. The van der Waals surface area contributed by atoms with Crippen LogP contribution >= 0.6 is 11.6 Å². The van der Waals surface area contributed by atoms with Crippen molar-refractivity contribution in [2.45, 2.75) is 19.1 Å². The molecule has 0 spiro atoms. The lowest BCUT2D eigenvalue weighted by Crippen LogP contribution is -2.48. The van der Waals surface area contributed by atoms with E-state index in [4.69, 9.17) is 11.6 Å². The van der Waals surface area contributed by atoms with Crippen LogP contribution in [0.1, 0.15) is 18.1 Å². The van der Waals surface area contributed by atoms with Crippen molar-refractivity contribution >= 4 is 23.3 Å². The number of benzene rings is 2. The Labute approximate surface area is 146 Å². The van der Waals surface area contributed by atoms with Crippen LogP contribution in [0.3, 0.4) is 0 Å². The third kappa shape index (κ3) is 3.61. The zero-order valence-corrected chi connectivity index (χ0v) is 13.7. The number of nitrogens with one attached hydrogen (secondary N) is 2. The summed E-state index contributed by atoms with van der Waals surface area (Å²) in [4.78, 5) is 11.2. The van der Waals surface area contributed by atoms with Crippen molar-refractivity contribution in [1.29, 1.82) is 0 Å². The maximum Gasteiger partial charge on any atom is 0.417 e. The lowest BCUT2D eigenvalue weighted by molar-refractivity contribution is -0.137. The van der Waals surface area contributed by atoms with Gasteiger partial charge >= 0.3 is 12.2 Å². The Hall–Kier alpha value is -2.54. The van der Waals surface area contributed by atoms with Gasteiger partial charge in [-0.2, -0.15) is 18.3 Å². The van der Waals surface area contributed by atoms with Crippen LogP contribution in [0.15, 0.2) is 47.6 Å². The van der Waals surface area contributed by atoms with E-state index in [0.29, 0.717) is 16.3 Å². The number of amides is 2. The quantitative estimate of drug-likeness (QED) is 0.810. The number of halogens is 4. The monoisotopic (exact) mass is 367 g/mol. The molecule has 2 aromatic carbocycles. The standard InChI is InChI=1S/C17H13ClF3N3O/c1-9-15(23-24-16(25)22-9)11-4-7-13(14(8-11)17(19,20)21)10-2-5-12(18)6-3-10/h2-9H,1H3,(H2,22,24,25)/t9-/m0/s1. The van der Waals surface area contributed by atoms with E-state index < -0.39 is 23.8 Å². The molecule has 1 aliphatic heterocycles. The first-order valence-corrected chi connectivity index (χ1v) is 7.75. The number of nitrogens with zero attached hydrogens (tertiary/aromatic N) is 1. The third-order valence-electron chi connectivity index (χ3n) is 3.81. The van der Waals surface area contributed by atoms with Crippen LogP contribution in [0.5, 0.6) is 0 Å². The van der Waals surface area contributed by atoms with Crippen LogP contribution in [-0.4, -0.2) is 17.8 Å². The zero-order valence-electron chi connectivity index (χ0n) is 13.0. The molecule has 1 heterocycles. The van der Waals surface area contributed by atoms with Crippen molar-refractivity contribution in [2.24, 2.45) is 5.10 Å². The van der Waals surface area contributed by atoms with Gasteiger partial charge in [0.15, 0.2) is 0 Å². The van der Waals surface area contributed by atoms with Gasteiger partial charge in [0.1, 0.15) is 0 Å². The lowest BCUT2D eigenvalue weighted by Gasteiger charge is -2.22. The van der Waals surface area contributed by atoms with Crippen LogP contribution in [0, 0.1) is 0 Å². The SMILES string of the molecule is C[C@@H]1NC(=O)NN=C1c1ccc(-c2ccc(Cl)cc2)c(C(F)(F)F)c1. The molecule has 25 heavy (non-hydrogen) atoms. The molecule has 1 aliphatic rings. The van der Waals surface area contributed by atoms with Crippen molar-refractivity contribution < 1.29 is 18.0 Å². The van der Waals surface area contributed by atoms with Crippen molar-refractivity contribution in [1.82, 2.24) is 10.7 Å². The second kappa shape index (κ2) is 6.40. The molecule has 2 aromatic rings. The van der Waals surface area contributed by atoms with Crippen LogP contribution in [0.4, 0.5) is 18.0 Å². The summed E-state index contributed by atoms with van der Waals surface area (Å²) in [5.41, 5.74) is 2.50. The van der Waals surface area contributed by atoms with Crippen molar-refractivity contribution in [3.8, 4) is 11.1 Å². The van der Waals surface area contributed by atoms with Gasteiger partial charge in [-0.15, -0.1) is 0 Å². The first-order chi connectivity index (χ1) is 11.8. The molecule has 0 aromatic heterocycles. The molecule has 2 amide bonds. The molecule has 3 rings (SSSR count). The van der Waals surface area contributed by atoms with E-state index in [0.717, 1.165) is 6.07 Å². The van der Waals surface area contributed by atoms with Gasteiger partial charge in [-0.25, -0.2) is 10.2 Å². The average molecular weight is 368 g/mol. The molecule has 0 aliphatic carbocycles. The number of urea groups is 1. The topological polar surface area (TPSA) is 53.5 Å². The normalized spacial score (nSPS) is 17.6. The molecular formula is C17H13ClF3N3O. The Bertz CT molecular complexity index is 847. The van der Waals surface area contributed by atoms with E-state index in [9.17, 15) is 18.0 Å². The minimum Gasteiger partial charge on any atom is -0.328 e. The molecule has 0 saturated carbocycles. The van der Waals surface area contributed by atoms with E-state index in [1.807, 2.05) is 0 Å². The van der Waals surface area contributed by atoms with Crippen molar-refractivity contribution in [3.63, 3.8) is 0 Å². The van der Waals surface area contributed by atoms with Gasteiger partial charge in [0, 0.05) is 10.6 Å². The Morgan fingerprint density at radius 1 is 1.08 bits per heavy atom. The second-order valence-electron chi connectivity index (χ2n) is 5.57. The summed E-state index contributed by atoms with van der Waals surface area (Å²) < 4.78 is 40.7. The molecule has 0 bridgehead atoms. The largest absolute Gasteiger partial charge is 0.417 e. The lowest BCUT2D eigenvalue weighted by atomic mass is 9.94. The Morgan fingerprint density at radius 3 is 2.32 bits per heavy atom. The summed E-state index contributed by atoms with van der Waals surface area (Å²) >= 11 is 5.80. The summed E-state index contributed by atoms with van der Waals surface area (Å²) in [5, 5.41) is 6.88. The maximum absolute atomic E-state index is 13.6. The number of hydrogen-bond acceptors (Lipinski definition) is 2. The number of hydrazone groups is 1. The summed E-state index contributed by atoms with van der Waals surface area (Å²) in [6.45, 7) is 1.65. The van der Waals surface area contributed by atoms with E-state index in [-0.39, 0.29) is 11.1 Å². The zero-order chi connectivity index (χ0) is 18.2. The average Bonchev–Trinajstić information content (AvgIpc) is 2.54. The Morgan fingerprint density at radius 2 is 1.72 bits per heavy atom. The highest BCUT2D eigenvalue weighted by atomic mass is 35.5. The van der Waals surface area contributed by atoms with Crippen LogP contribution in [-0.2, 0) is 6.18 Å². The van der Waals surface area contributed by atoms with E-state index in [1.54, 1.807) is 13.0 Å². The molecule has 8 heteroatoms. The summed E-state index contributed by atoms with van der Waals surface area (Å²) in [5.74, 6) is 0. The summed E-state index contributed by atoms with van der Waals surface area (Å²) in [6, 6.07) is 9.14. The molecule has 0 radical (unpaired) electrons. The molecular weight excluding hydrogens is 355 g/mol. The summed E-state index contributed by atoms with van der Waals surface area (Å²) in [6.07, 6.45) is -4.54. The highest BCUT2D eigenvalue weighted by molar-refractivity contribution is 6.30. The second-order valence-corrected chi connectivity index (χ2v) is 6.01. The minimum atomic E-state index is -4.54. The van der Waals surface area contributed by atoms with Crippen LogP contribution in [0.2, 0.25) is 5.02 Å². The first-order valence-electron chi connectivity index (χ1n) is 7.37. The molecule has 0 fully saturated rings. The number of alkyl halides is 3. The number of carbonyl (C=O) groups is 1. The number of rotatable bonds is 2. The molecule has 4 nitrogen and oxygen atoms in total. The van der Waals surface area contributed by atoms with Gasteiger partial charge in [0.05, 0.1) is 17.3 Å². The number of carbonyl (C=O) groups excluding carboxylic acids is 1. The number of hydrogen-bond donors (Lipinski definition) is 2. The van der Waals surface area contributed by atoms with Crippen molar-refractivity contribution in [2.75, 3.05) is 0 Å². The van der Waals surface area contributed by atoms with Crippen molar-refractivity contribution in [3.05, 3.63) is 58.6 Å².